The Balaban J connectivity index is 1.56. The third-order valence-electron chi connectivity index (χ3n) is 4.41. The van der Waals surface area contributed by atoms with Gasteiger partial charge < -0.3 is 9.42 Å². The van der Waals surface area contributed by atoms with Gasteiger partial charge in [-0.05, 0) is 37.3 Å². The van der Waals surface area contributed by atoms with Gasteiger partial charge in [0, 0.05) is 30.1 Å². The van der Waals surface area contributed by atoms with Crippen LogP contribution in [-0.2, 0) is 4.79 Å². The van der Waals surface area contributed by atoms with E-state index in [1.165, 1.54) is 18.2 Å². The first kappa shape index (κ1) is 16.7. The zero-order chi connectivity index (χ0) is 18.3. The quantitative estimate of drug-likeness (QED) is 0.686. The van der Waals surface area contributed by atoms with Crippen molar-refractivity contribution in [1.82, 2.24) is 10.1 Å². The summed E-state index contributed by atoms with van der Waals surface area (Å²) in [6, 6.07) is 12.0. The Hall–Kier alpha value is -2.73. The number of anilines is 1. The fraction of sp³-hybridized carbons (Fsp3) is 0.211. The number of rotatable bonds is 3. The van der Waals surface area contributed by atoms with Gasteiger partial charge in [0.1, 0.15) is 5.82 Å². The van der Waals surface area contributed by atoms with Gasteiger partial charge >= 0.3 is 0 Å². The monoisotopic (exact) mass is 371 g/mol. The van der Waals surface area contributed by atoms with Crippen molar-refractivity contribution >= 4 is 23.2 Å². The maximum absolute atomic E-state index is 13.3. The van der Waals surface area contributed by atoms with E-state index in [1.54, 1.807) is 4.90 Å². The highest BCUT2D eigenvalue weighted by Gasteiger charge is 2.34. The van der Waals surface area contributed by atoms with Gasteiger partial charge in [0.2, 0.25) is 5.91 Å². The molecule has 1 atom stereocenters. The van der Waals surface area contributed by atoms with Crippen LogP contribution in [0.4, 0.5) is 10.1 Å². The van der Waals surface area contributed by atoms with Crippen molar-refractivity contribution in [3.8, 4) is 11.5 Å². The minimum absolute atomic E-state index is 0.0138. The zero-order valence-electron chi connectivity index (χ0n) is 13.9. The lowest BCUT2D eigenvalue weighted by Crippen LogP contribution is -2.24. The second-order valence-corrected chi connectivity index (χ2v) is 6.74. The molecule has 0 aliphatic carbocycles. The van der Waals surface area contributed by atoms with Crippen LogP contribution in [-0.4, -0.2) is 22.6 Å². The predicted molar refractivity (Wildman–Crippen MR) is 95.6 cm³/mol. The topological polar surface area (TPSA) is 59.2 Å². The van der Waals surface area contributed by atoms with Crippen molar-refractivity contribution < 1.29 is 13.7 Å². The molecular weight excluding hydrogens is 357 g/mol. The number of hydrogen-bond donors (Lipinski definition) is 0. The highest BCUT2D eigenvalue weighted by molar-refractivity contribution is 6.31. The summed E-state index contributed by atoms with van der Waals surface area (Å²) >= 11 is 5.82. The van der Waals surface area contributed by atoms with Gasteiger partial charge in [-0.3, -0.25) is 4.79 Å². The molecule has 0 spiro atoms. The number of carbonyl (C=O) groups is 1. The molecule has 3 aromatic rings. The SMILES string of the molecule is Cc1cccc(-c2nc([C@H]3CC(=O)N(c4ccc(F)c(Cl)c4)C3)no2)c1. The molecule has 4 rings (SSSR count). The number of aryl methyl sites for hydroxylation is 1. The molecular formula is C19H15ClFN3O2. The van der Waals surface area contributed by atoms with Crippen LogP contribution < -0.4 is 4.90 Å². The summed E-state index contributed by atoms with van der Waals surface area (Å²) in [5.74, 6) is 0.137. The van der Waals surface area contributed by atoms with E-state index in [-0.39, 0.29) is 23.3 Å². The average molecular weight is 372 g/mol. The lowest BCUT2D eigenvalue weighted by atomic mass is 10.1. The minimum Gasteiger partial charge on any atom is -0.334 e. The van der Waals surface area contributed by atoms with E-state index in [1.807, 2.05) is 31.2 Å². The summed E-state index contributed by atoms with van der Waals surface area (Å²) in [6.45, 7) is 2.38. The molecule has 1 aromatic heterocycles. The number of halogens is 2. The molecule has 5 nitrogen and oxygen atoms in total. The third-order valence-corrected chi connectivity index (χ3v) is 4.70. The fourth-order valence-corrected chi connectivity index (χ4v) is 3.25. The van der Waals surface area contributed by atoms with E-state index in [2.05, 4.69) is 10.1 Å². The summed E-state index contributed by atoms with van der Waals surface area (Å²) < 4.78 is 18.7. The highest BCUT2D eigenvalue weighted by atomic mass is 35.5. The molecule has 0 unspecified atom stereocenters. The van der Waals surface area contributed by atoms with Crippen LogP contribution in [0.3, 0.4) is 0 Å². The van der Waals surface area contributed by atoms with Gasteiger partial charge in [0.25, 0.3) is 5.89 Å². The molecule has 26 heavy (non-hydrogen) atoms. The van der Waals surface area contributed by atoms with Crippen molar-refractivity contribution in [3.63, 3.8) is 0 Å². The maximum atomic E-state index is 13.3. The van der Waals surface area contributed by atoms with Gasteiger partial charge in [-0.15, -0.1) is 0 Å². The van der Waals surface area contributed by atoms with Crippen LogP contribution in [0.5, 0.6) is 0 Å². The summed E-state index contributed by atoms with van der Waals surface area (Å²) in [6.07, 6.45) is 0.266. The van der Waals surface area contributed by atoms with Crippen molar-refractivity contribution in [3.05, 3.63) is 64.7 Å². The summed E-state index contributed by atoms with van der Waals surface area (Å²) in [5, 5.41) is 4.03. The van der Waals surface area contributed by atoms with Gasteiger partial charge in [-0.1, -0.05) is 34.5 Å². The normalized spacial score (nSPS) is 17.1. The summed E-state index contributed by atoms with van der Waals surface area (Å²) in [5.41, 5.74) is 2.50. The van der Waals surface area contributed by atoms with Gasteiger partial charge in [0.15, 0.2) is 5.82 Å². The smallest absolute Gasteiger partial charge is 0.257 e. The van der Waals surface area contributed by atoms with Gasteiger partial charge in [-0.25, -0.2) is 4.39 Å². The number of benzene rings is 2. The molecule has 132 valence electrons. The molecule has 1 saturated heterocycles. The number of aromatic nitrogens is 2. The summed E-state index contributed by atoms with van der Waals surface area (Å²) in [4.78, 5) is 18.4. The first-order valence-electron chi connectivity index (χ1n) is 8.17. The van der Waals surface area contributed by atoms with Crippen LogP contribution in [0.2, 0.25) is 5.02 Å². The number of amides is 1. The lowest BCUT2D eigenvalue weighted by molar-refractivity contribution is -0.117. The molecule has 2 aromatic carbocycles. The Morgan fingerprint density at radius 3 is 2.88 bits per heavy atom. The van der Waals surface area contributed by atoms with E-state index < -0.39 is 5.82 Å². The largest absolute Gasteiger partial charge is 0.334 e. The van der Waals surface area contributed by atoms with Crippen LogP contribution in [0, 0.1) is 12.7 Å². The molecule has 0 saturated carbocycles. The van der Waals surface area contributed by atoms with Crippen LogP contribution in [0.1, 0.15) is 23.7 Å². The Morgan fingerprint density at radius 1 is 1.27 bits per heavy atom. The Morgan fingerprint density at radius 2 is 2.12 bits per heavy atom. The van der Waals surface area contributed by atoms with Crippen molar-refractivity contribution in [2.75, 3.05) is 11.4 Å². The fourth-order valence-electron chi connectivity index (χ4n) is 3.08. The molecule has 1 amide bonds. The number of hydrogen-bond acceptors (Lipinski definition) is 4. The Bertz CT molecular complexity index is 988. The van der Waals surface area contributed by atoms with Crippen molar-refractivity contribution in [2.45, 2.75) is 19.3 Å². The second-order valence-electron chi connectivity index (χ2n) is 6.33. The molecule has 1 aliphatic heterocycles. The van der Waals surface area contributed by atoms with E-state index in [9.17, 15) is 9.18 Å². The second kappa shape index (κ2) is 6.53. The van der Waals surface area contributed by atoms with E-state index in [0.717, 1.165) is 11.1 Å². The number of nitrogens with zero attached hydrogens (tertiary/aromatic N) is 3. The van der Waals surface area contributed by atoms with E-state index in [0.29, 0.717) is 23.9 Å². The number of carbonyl (C=O) groups excluding carboxylic acids is 1. The maximum Gasteiger partial charge on any atom is 0.257 e. The lowest BCUT2D eigenvalue weighted by Gasteiger charge is -2.16. The molecule has 0 N–H and O–H groups in total. The van der Waals surface area contributed by atoms with Crippen molar-refractivity contribution in [2.24, 2.45) is 0 Å². The van der Waals surface area contributed by atoms with Gasteiger partial charge in [-0.2, -0.15) is 4.98 Å². The molecule has 7 heteroatoms. The molecule has 1 fully saturated rings. The highest BCUT2D eigenvalue weighted by Crippen LogP contribution is 2.33. The van der Waals surface area contributed by atoms with Crippen LogP contribution in [0.15, 0.2) is 47.0 Å². The first-order chi connectivity index (χ1) is 12.5. The zero-order valence-corrected chi connectivity index (χ0v) is 14.7. The Labute approximate surface area is 154 Å². The third kappa shape index (κ3) is 3.08. The van der Waals surface area contributed by atoms with E-state index >= 15 is 0 Å². The van der Waals surface area contributed by atoms with Gasteiger partial charge in [0.05, 0.1) is 5.02 Å². The minimum atomic E-state index is -0.514. The van der Waals surface area contributed by atoms with E-state index in [4.69, 9.17) is 16.1 Å². The average Bonchev–Trinajstić information content (AvgIpc) is 3.24. The molecule has 1 aliphatic rings. The predicted octanol–water partition coefficient (Wildman–Crippen LogP) is 4.36. The standard InChI is InChI=1S/C19H15ClFN3O2/c1-11-3-2-4-12(7-11)19-22-18(23-26-19)13-8-17(25)24(10-13)14-5-6-16(21)15(20)9-14/h2-7,9,13H,8,10H2,1H3/t13-/m0/s1. The summed E-state index contributed by atoms with van der Waals surface area (Å²) in [7, 11) is 0. The Kier molecular flexibility index (Phi) is 4.20. The van der Waals surface area contributed by atoms with Crippen molar-refractivity contribution in [1.29, 1.82) is 0 Å². The van der Waals surface area contributed by atoms with Crippen LogP contribution >= 0.6 is 11.6 Å². The first-order valence-corrected chi connectivity index (χ1v) is 8.55. The molecule has 2 heterocycles. The molecule has 0 bridgehead atoms. The molecule has 0 radical (unpaired) electrons. The van der Waals surface area contributed by atoms with Crippen LogP contribution in [0.25, 0.3) is 11.5 Å².